The Morgan fingerprint density at radius 3 is 2.22 bits per heavy atom. The van der Waals surface area contributed by atoms with Gasteiger partial charge in [-0.15, -0.1) is 0 Å². The fourth-order valence-electron chi connectivity index (χ4n) is 2.83. The lowest BCUT2D eigenvalue weighted by molar-refractivity contribution is -0.112. The molecule has 0 aliphatic heterocycles. The van der Waals surface area contributed by atoms with E-state index < -0.39 is 0 Å². The molecule has 0 aromatic heterocycles. The van der Waals surface area contributed by atoms with Crippen molar-refractivity contribution in [1.82, 2.24) is 0 Å². The molecule has 0 radical (unpaired) electrons. The number of hydrogen-bond acceptors (Lipinski definition) is 2. The maximum absolute atomic E-state index is 12.5. The highest BCUT2D eigenvalue weighted by Crippen LogP contribution is 2.30. The Labute approximate surface area is 133 Å². The zero-order chi connectivity index (χ0) is 15.8. The van der Waals surface area contributed by atoms with Crippen molar-refractivity contribution < 1.29 is 9.59 Å². The zero-order valence-electron chi connectivity index (χ0n) is 12.2. The van der Waals surface area contributed by atoms with E-state index in [1.165, 1.54) is 0 Å². The smallest absolute Gasteiger partial charge is 0.259 e. The fraction of sp³-hybridized carbons (Fsp3) is 0. The van der Waals surface area contributed by atoms with E-state index in [0.717, 1.165) is 16.3 Å². The van der Waals surface area contributed by atoms with Gasteiger partial charge in [0, 0.05) is 11.3 Å². The van der Waals surface area contributed by atoms with Crippen molar-refractivity contribution in [3.05, 3.63) is 83.4 Å². The van der Waals surface area contributed by atoms with E-state index in [4.69, 9.17) is 0 Å². The van der Waals surface area contributed by atoms with Crippen LogP contribution in [0.25, 0.3) is 16.8 Å². The Balaban J connectivity index is 1.69. The minimum absolute atomic E-state index is 0.180. The minimum Gasteiger partial charge on any atom is -0.322 e. The van der Waals surface area contributed by atoms with Crippen molar-refractivity contribution in [2.24, 2.45) is 0 Å². The number of Topliss-reactive ketones (excluding diaryl/α,β-unsaturated/α-hetero) is 1. The Kier molecular flexibility index (Phi) is 3.05. The van der Waals surface area contributed by atoms with Gasteiger partial charge in [0.25, 0.3) is 5.91 Å². The predicted molar refractivity (Wildman–Crippen MR) is 91.3 cm³/mol. The number of anilines is 1. The van der Waals surface area contributed by atoms with Crippen LogP contribution in [-0.2, 0) is 4.79 Å². The van der Waals surface area contributed by atoms with Crippen LogP contribution in [0.3, 0.4) is 0 Å². The SMILES string of the molecule is O=C(Nc1ccccc1)C1=Cc2cc3ccccc3cc2C1=O. The van der Waals surface area contributed by atoms with Gasteiger partial charge in [0.1, 0.15) is 0 Å². The van der Waals surface area contributed by atoms with Crippen LogP contribution in [0.1, 0.15) is 15.9 Å². The van der Waals surface area contributed by atoms with E-state index in [2.05, 4.69) is 5.32 Å². The predicted octanol–water partition coefficient (Wildman–Crippen LogP) is 4.06. The van der Waals surface area contributed by atoms with Crippen LogP contribution in [-0.4, -0.2) is 11.7 Å². The molecule has 4 rings (SSSR count). The number of rotatable bonds is 2. The summed E-state index contributed by atoms with van der Waals surface area (Å²) in [6, 6.07) is 20.8. The highest BCUT2D eigenvalue weighted by atomic mass is 16.2. The van der Waals surface area contributed by atoms with E-state index in [1.54, 1.807) is 18.2 Å². The van der Waals surface area contributed by atoms with Crippen molar-refractivity contribution in [2.45, 2.75) is 0 Å². The molecule has 3 heteroatoms. The highest BCUT2D eigenvalue weighted by Gasteiger charge is 2.28. The lowest BCUT2D eigenvalue weighted by atomic mass is 10.0. The van der Waals surface area contributed by atoms with Gasteiger partial charge in [-0.25, -0.2) is 0 Å². The molecule has 3 aromatic carbocycles. The molecule has 0 saturated heterocycles. The molecule has 3 nitrogen and oxygen atoms in total. The topological polar surface area (TPSA) is 46.2 Å². The first-order chi connectivity index (χ1) is 11.2. The van der Waals surface area contributed by atoms with Gasteiger partial charge in [0.15, 0.2) is 5.78 Å². The second kappa shape index (κ2) is 5.21. The number of hydrogen-bond donors (Lipinski definition) is 1. The molecule has 0 heterocycles. The second-order valence-corrected chi connectivity index (χ2v) is 5.49. The Bertz CT molecular complexity index is 971. The Hall–Kier alpha value is -3.20. The van der Waals surface area contributed by atoms with Crippen LogP contribution in [0.15, 0.2) is 72.3 Å². The van der Waals surface area contributed by atoms with E-state index in [9.17, 15) is 9.59 Å². The number of para-hydroxylation sites is 1. The van der Waals surface area contributed by atoms with Gasteiger partial charge in [0.2, 0.25) is 0 Å². The summed E-state index contributed by atoms with van der Waals surface area (Å²) < 4.78 is 0. The maximum atomic E-state index is 12.5. The summed E-state index contributed by atoms with van der Waals surface area (Å²) in [5.41, 5.74) is 2.24. The number of fused-ring (bicyclic) bond motifs is 2. The van der Waals surface area contributed by atoms with Crippen LogP contribution in [0.5, 0.6) is 0 Å². The second-order valence-electron chi connectivity index (χ2n) is 5.49. The zero-order valence-corrected chi connectivity index (χ0v) is 12.2. The van der Waals surface area contributed by atoms with Gasteiger partial charge in [-0.3, -0.25) is 9.59 Å². The van der Waals surface area contributed by atoms with Crippen LogP contribution in [0, 0.1) is 0 Å². The molecule has 0 spiro atoms. The summed E-state index contributed by atoms with van der Waals surface area (Å²) in [5, 5.41) is 4.82. The van der Waals surface area contributed by atoms with Crippen molar-refractivity contribution in [2.75, 3.05) is 5.32 Å². The first kappa shape index (κ1) is 13.5. The molecule has 1 aliphatic carbocycles. The summed E-state index contributed by atoms with van der Waals surface area (Å²) in [6.07, 6.45) is 1.67. The third-order valence-corrected chi connectivity index (χ3v) is 3.98. The first-order valence-corrected chi connectivity index (χ1v) is 7.38. The lowest BCUT2D eigenvalue weighted by Crippen LogP contribution is -2.18. The van der Waals surface area contributed by atoms with Crippen LogP contribution < -0.4 is 5.32 Å². The molecule has 1 aliphatic rings. The number of carbonyl (C=O) groups is 2. The average molecular weight is 299 g/mol. The monoisotopic (exact) mass is 299 g/mol. The molecular formula is C20H13NO2. The number of amides is 1. The first-order valence-electron chi connectivity index (χ1n) is 7.38. The van der Waals surface area contributed by atoms with Crippen molar-refractivity contribution >= 4 is 34.2 Å². The van der Waals surface area contributed by atoms with Crippen LogP contribution in [0.4, 0.5) is 5.69 Å². The standard InChI is InChI=1S/C20H13NO2/c22-19-17-11-14-7-5-4-6-13(14)10-15(17)12-18(19)20(23)21-16-8-2-1-3-9-16/h1-12H,(H,21,23). The Morgan fingerprint density at radius 1 is 0.826 bits per heavy atom. The van der Waals surface area contributed by atoms with Gasteiger partial charge in [-0.05, 0) is 46.7 Å². The van der Waals surface area contributed by atoms with E-state index in [-0.39, 0.29) is 17.3 Å². The summed E-state index contributed by atoms with van der Waals surface area (Å²) >= 11 is 0. The number of carbonyl (C=O) groups excluding carboxylic acids is 2. The Morgan fingerprint density at radius 2 is 1.48 bits per heavy atom. The molecule has 0 bridgehead atoms. The highest BCUT2D eigenvalue weighted by molar-refractivity contribution is 6.35. The van der Waals surface area contributed by atoms with E-state index in [0.29, 0.717) is 11.3 Å². The van der Waals surface area contributed by atoms with E-state index >= 15 is 0 Å². The van der Waals surface area contributed by atoms with Gasteiger partial charge >= 0.3 is 0 Å². The van der Waals surface area contributed by atoms with Gasteiger partial charge < -0.3 is 5.32 Å². The third-order valence-electron chi connectivity index (χ3n) is 3.98. The molecular weight excluding hydrogens is 286 g/mol. The molecule has 110 valence electrons. The van der Waals surface area contributed by atoms with Crippen molar-refractivity contribution in [3.63, 3.8) is 0 Å². The van der Waals surface area contributed by atoms with Gasteiger partial charge in [-0.2, -0.15) is 0 Å². The maximum Gasteiger partial charge on any atom is 0.259 e. The number of benzene rings is 3. The lowest BCUT2D eigenvalue weighted by Gasteiger charge is -2.05. The van der Waals surface area contributed by atoms with Crippen molar-refractivity contribution in [1.29, 1.82) is 0 Å². The summed E-state index contributed by atoms with van der Waals surface area (Å²) in [6.45, 7) is 0. The normalized spacial score (nSPS) is 12.9. The molecule has 23 heavy (non-hydrogen) atoms. The summed E-state index contributed by atoms with van der Waals surface area (Å²) in [7, 11) is 0. The molecule has 1 N–H and O–H groups in total. The number of ketones is 1. The molecule has 1 amide bonds. The van der Waals surface area contributed by atoms with Crippen LogP contribution in [0.2, 0.25) is 0 Å². The third kappa shape index (κ3) is 2.32. The number of nitrogens with one attached hydrogen (secondary N) is 1. The quantitative estimate of drug-likeness (QED) is 0.725. The molecule has 0 atom stereocenters. The molecule has 0 fully saturated rings. The van der Waals surface area contributed by atoms with Gasteiger partial charge in [-0.1, -0.05) is 42.5 Å². The van der Waals surface area contributed by atoms with Gasteiger partial charge in [0.05, 0.1) is 5.57 Å². The minimum atomic E-state index is -0.374. The summed E-state index contributed by atoms with van der Waals surface area (Å²) in [4.78, 5) is 24.9. The fourth-order valence-corrected chi connectivity index (χ4v) is 2.83. The molecule has 3 aromatic rings. The van der Waals surface area contributed by atoms with Crippen LogP contribution >= 0.6 is 0 Å². The molecule has 0 saturated carbocycles. The largest absolute Gasteiger partial charge is 0.322 e. The van der Waals surface area contributed by atoms with Crippen molar-refractivity contribution in [3.8, 4) is 0 Å². The molecule has 0 unspecified atom stereocenters. The average Bonchev–Trinajstić information content (AvgIpc) is 2.90. The summed E-state index contributed by atoms with van der Waals surface area (Å²) in [5.74, 6) is -0.597. The van der Waals surface area contributed by atoms with E-state index in [1.807, 2.05) is 54.6 Å².